The molecule has 34 heavy (non-hydrogen) atoms. The van der Waals surface area contributed by atoms with Gasteiger partial charge in [0.1, 0.15) is 6.04 Å². The number of ether oxygens (including phenoxy) is 2. The number of amides is 4. The zero-order chi connectivity index (χ0) is 24.2. The van der Waals surface area contributed by atoms with E-state index in [0.29, 0.717) is 30.0 Å². The van der Waals surface area contributed by atoms with Gasteiger partial charge in [0.2, 0.25) is 5.91 Å². The van der Waals surface area contributed by atoms with E-state index in [4.69, 9.17) is 9.47 Å². The largest absolute Gasteiger partial charge is 0.493 e. The molecule has 9 nitrogen and oxygen atoms in total. The van der Waals surface area contributed by atoms with Gasteiger partial charge in [-0.15, -0.1) is 0 Å². The molecule has 3 heterocycles. The molecule has 0 aliphatic carbocycles. The number of hydrogen-bond donors (Lipinski definition) is 1. The van der Waals surface area contributed by atoms with Crippen LogP contribution in [0.2, 0.25) is 0 Å². The van der Waals surface area contributed by atoms with Crippen LogP contribution in [0.1, 0.15) is 44.1 Å². The minimum absolute atomic E-state index is 0.0232. The molecule has 3 aliphatic rings. The monoisotopic (exact) mass is 472 g/mol. The van der Waals surface area contributed by atoms with E-state index in [0.717, 1.165) is 30.0 Å². The van der Waals surface area contributed by atoms with Crippen molar-refractivity contribution in [1.82, 2.24) is 20.0 Å². The lowest BCUT2D eigenvalue weighted by atomic mass is 9.83. The summed E-state index contributed by atoms with van der Waals surface area (Å²) in [5.41, 5.74) is 0.736. The number of urea groups is 1. The Morgan fingerprint density at radius 3 is 2.62 bits per heavy atom. The maximum absolute atomic E-state index is 13.0. The first-order valence-corrected chi connectivity index (χ1v) is 12.2. The van der Waals surface area contributed by atoms with Crippen molar-refractivity contribution >= 4 is 17.8 Å². The highest BCUT2D eigenvalue weighted by molar-refractivity contribution is 6.05. The molecular formula is C25H36N4O5. The van der Waals surface area contributed by atoms with Crippen molar-refractivity contribution in [2.45, 2.75) is 57.2 Å². The van der Waals surface area contributed by atoms with Crippen LogP contribution >= 0.6 is 0 Å². The molecule has 1 aromatic carbocycles. The molecule has 3 atom stereocenters. The Kier molecular flexibility index (Phi) is 7.60. The summed E-state index contributed by atoms with van der Waals surface area (Å²) in [6.07, 6.45) is 6.01. The minimum atomic E-state index is -0.833. The summed E-state index contributed by atoms with van der Waals surface area (Å²) in [5, 5.41) is 2.69. The topological polar surface area (TPSA) is 91.4 Å². The number of nitrogens with zero attached hydrogens (tertiary/aromatic N) is 3. The van der Waals surface area contributed by atoms with E-state index in [9.17, 15) is 14.4 Å². The van der Waals surface area contributed by atoms with Crippen molar-refractivity contribution < 1.29 is 23.9 Å². The Morgan fingerprint density at radius 1 is 1.09 bits per heavy atom. The predicted octanol–water partition coefficient (Wildman–Crippen LogP) is 2.24. The number of carbonyl (C=O) groups is 3. The molecule has 1 N–H and O–H groups in total. The zero-order valence-electron chi connectivity index (χ0n) is 20.4. The van der Waals surface area contributed by atoms with Gasteiger partial charge in [-0.1, -0.05) is 12.5 Å². The predicted molar refractivity (Wildman–Crippen MR) is 127 cm³/mol. The molecule has 0 saturated carbocycles. The number of methoxy groups -OCH3 is 2. The van der Waals surface area contributed by atoms with Crippen LogP contribution in [0.5, 0.6) is 11.5 Å². The number of fused-ring (bicyclic) bond motifs is 1. The van der Waals surface area contributed by atoms with E-state index >= 15 is 0 Å². The van der Waals surface area contributed by atoms with Crippen molar-refractivity contribution in [3.63, 3.8) is 0 Å². The molecule has 4 amide bonds. The van der Waals surface area contributed by atoms with Crippen LogP contribution in [0, 0.1) is 5.92 Å². The molecule has 0 bridgehead atoms. The molecule has 0 spiro atoms. The van der Waals surface area contributed by atoms with Crippen LogP contribution in [0.15, 0.2) is 18.2 Å². The van der Waals surface area contributed by atoms with Gasteiger partial charge in [-0.05, 0) is 62.4 Å². The van der Waals surface area contributed by atoms with Crippen molar-refractivity contribution in [1.29, 1.82) is 0 Å². The van der Waals surface area contributed by atoms with E-state index in [1.807, 2.05) is 7.05 Å². The summed E-state index contributed by atoms with van der Waals surface area (Å²) >= 11 is 0. The van der Waals surface area contributed by atoms with Gasteiger partial charge < -0.3 is 24.6 Å². The molecule has 0 radical (unpaired) electrons. The second kappa shape index (κ2) is 10.6. The zero-order valence-corrected chi connectivity index (χ0v) is 20.4. The highest BCUT2D eigenvalue weighted by atomic mass is 16.5. The summed E-state index contributed by atoms with van der Waals surface area (Å²) in [5.74, 6) is 1.08. The van der Waals surface area contributed by atoms with Gasteiger partial charge in [-0.25, -0.2) is 4.79 Å². The van der Waals surface area contributed by atoms with Crippen molar-refractivity contribution in [3.8, 4) is 11.5 Å². The molecule has 3 fully saturated rings. The van der Waals surface area contributed by atoms with Crippen molar-refractivity contribution in [2.24, 2.45) is 5.92 Å². The first-order chi connectivity index (χ1) is 16.4. The number of nitrogens with one attached hydrogen (secondary N) is 1. The first-order valence-electron chi connectivity index (χ1n) is 12.2. The molecule has 3 aliphatic heterocycles. The van der Waals surface area contributed by atoms with Crippen LogP contribution in [0.3, 0.4) is 0 Å². The fourth-order valence-electron chi connectivity index (χ4n) is 5.60. The maximum Gasteiger partial charge on any atom is 0.325 e. The molecule has 0 unspecified atom stereocenters. The Labute approximate surface area is 201 Å². The summed E-state index contributed by atoms with van der Waals surface area (Å²) in [7, 11) is 4.90. The van der Waals surface area contributed by atoms with Crippen molar-refractivity contribution in [3.05, 3.63) is 23.8 Å². The Bertz CT molecular complexity index is 921. The summed E-state index contributed by atoms with van der Waals surface area (Å²) < 4.78 is 10.5. The number of hydrogen-bond acceptors (Lipinski definition) is 6. The lowest BCUT2D eigenvalue weighted by Gasteiger charge is -2.45. The molecule has 3 saturated heterocycles. The summed E-state index contributed by atoms with van der Waals surface area (Å²) in [4.78, 5) is 43.9. The van der Waals surface area contributed by atoms with Crippen LogP contribution in [-0.2, 0) is 16.1 Å². The standard InChI is InChI=1S/C25H36N4O5/c1-27(16-18-7-6-12-28-11-5-4-8-20(18)28)23(30)14-19-24(31)29(25(32)26-19)15-17-9-10-21(33-2)22(13-17)34-3/h9-10,13,18-20H,4-8,11-12,14-16H2,1-3H3,(H,26,32)/t18-,19+,20-/m0/s1. The highest BCUT2D eigenvalue weighted by Gasteiger charge is 2.40. The average molecular weight is 473 g/mol. The summed E-state index contributed by atoms with van der Waals surface area (Å²) in [6, 6.07) is 4.51. The molecular weight excluding hydrogens is 436 g/mol. The van der Waals surface area contributed by atoms with Gasteiger partial charge in [-0.3, -0.25) is 14.5 Å². The van der Waals surface area contributed by atoms with Gasteiger partial charge in [0.05, 0.1) is 27.2 Å². The molecule has 0 aromatic heterocycles. The number of piperidine rings is 2. The number of benzene rings is 1. The second-order valence-electron chi connectivity index (χ2n) is 9.60. The molecule has 4 rings (SSSR count). The van der Waals surface area contributed by atoms with Crippen molar-refractivity contribution in [2.75, 3.05) is 40.9 Å². The van der Waals surface area contributed by atoms with Crippen LogP contribution in [-0.4, -0.2) is 85.5 Å². The Morgan fingerprint density at radius 2 is 1.85 bits per heavy atom. The summed E-state index contributed by atoms with van der Waals surface area (Å²) in [6.45, 7) is 3.13. The van der Waals surface area contributed by atoms with Gasteiger partial charge >= 0.3 is 6.03 Å². The van der Waals surface area contributed by atoms with Crippen LogP contribution in [0.4, 0.5) is 4.79 Å². The van der Waals surface area contributed by atoms with E-state index < -0.39 is 12.1 Å². The normalized spacial score (nSPS) is 25.0. The van der Waals surface area contributed by atoms with E-state index in [1.165, 1.54) is 32.8 Å². The maximum atomic E-state index is 13.0. The first kappa shape index (κ1) is 24.3. The van der Waals surface area contributed by atoms with E-state index in [1.54, 1.807) is 30.2 Å². The number of carbonyl (C=O) groups excluding carboxylic acids is 3. The third-order valence-corrected chi connectivity index (χ3v) is 7.44. The fraction of sp³-hybridized carbons (Fsp3) is 0.640. The lowest BCUT2D eigenvalue weighted by Crippen LogP contribution is -2.51. The van der Waals surface area contributed by atoms with Crippen LogP contribution < -0.4 is 14.8 Å². The van der Waals surface area contributed by atoms with Gasteiger partial charge in [0, 0.05) is 19.6 Å². The van der Waals surface area contributed by atoms with Gasteiger partial charge in [0.15, 0.2) is 11.5 Å². The average Bonchev–Trinajstić information content (AvgIpc) is 3.11. The van der Waals surface area contributed by atoms with Crippen LogP contribution in [0.25, 0.3) is 0 Å². The third-order valence-electron chi connectivity index (χ3n) is 7.44. The Hall–Kier alpha value is -2.81. The van der Waals surface area contributed by atoms with E-state index in [2.05, 4.69) is 10.2 Å². The van der Waals surface area contributed by atoms with Gasteiger partial charge in [-0.2, -0.15) is 0 Å². The molecule has 186 valence electrons. The molecule has 9 heteroatoms. The molecule has 1 aromatic rings. The quantitative estimate of drug-likeness (QED) is 0.584. The fourth-order valence-corrected chi connectivity index (χ4v) is 5.60. The van der Waals surface area contributed by atoms with Gasteiger partial charge in [0.25, 0.3) is 5.91 Å². The smallest absolute Gasteiger partial charge is 0.325 e. The Balaban J connectivity index is 1.33. The third kappa shape index (κ3) is 5.14. The van der Waals surface area contributed by atoms with E-state index in [-0.39, 0.29) is 24.8 Å². The second-order valence-corrected chi connectivity index (χ2v) is 9.60. The minimum Gasteiger partial charge on any atom is -0.493 e. The highest BCUT2D eigenvalue weighted by Crippen LogP contribution is 2.32. The number of imide groups is 1. The lowest BCUT2D eigenvalue weighted by molar-refractivity contribution is -0.135. The SMILES string of the molecule is COc1ccc(CN2C(=O)N[C@H](CC(=O)N(C)C[C@@H]3CCCN4CCCC[C@@H]34)C2=O)cc1OC. The number of rotatable bonds is 8.